The van der Waals surface area contributed by atoms with Crippen LogP contribution in [0.1, 0.15) is 34.8 Å². The van der Waals surface area contributed by atoms with Gasteiger partial charge in [-0.1, -0.05) is 6.07 Å². The summed E-state index contributed by atoms with van der Waals surface area (Å²) in [5.74, 6) is 0. The lowest BCUT2D eigenvalue weighted by Crippen LogP contribution is -2.35. The minimum atomic E-state index is 0.624. The van der Waals surface area contributed by atoms with Crippen LogP contribution in [0.2, 0.25) is 0 Å². The van der Waals surface area contributed by atoms with E-state index in [1.165, 1.54) is 24.1 Å². The van der Waals surface area contributed by atoms with Crippen molar-refractivity contribution >= 4 is 11.3 Å². The van der Waals surface area contributed by atoms with E-state index < -0.39 is 0 Å². The Hall–Kier alpha value is -1.30. The number of nitrogens with one attached hydrogen (secondary N) is 1. The van der Waals surface area contributed by atoms with Gasteiger partial charge in [0.15, 0.2) is 0 Å². The third-order valence-corrected chi connectivity index (χ3v) is 5.08. The number of nitrogens with zero attached hydrogens (tertiary/aromatic N) is 3. The van der Waals surface area contributed by atoms with E-state index >= 15 is 0 Å². The monoisotopic (exact) mass is 316 g/mol. The minimum absolute atomic E-state index is 0.624. The van der Waals surface area contributed by atoms with Crippen molar-refractivity contribution in [1.82, 2.24) is 20.2 Å². The van der Waals surface area contributed by atoms with E-state index in [0.29, 0.717) is 6.04 Å². The zero-order valence-electron chi connectivity index (χ0n) is 13.2. The number of thiazole rings is 1. The van der Waals surface area contributed by atoms with Gasteiger partial charge >= 0.3 is 0 Å². The van der Waals surface area contributed by atoms with Crippen LogP contribution >= 0.6 is 11.3 Å². The molecule has 0 saturated carbocycles. The standard InChI is InChI=1S/C17H24N4S/c1-14-20-11-17(22-14)13-21(12-15-5-2-3-9-19-15)16-6-4-8-18-10-7-16/h2-3,5,9,11,16,18H,4,6-8,10,12-13H2,1H3. The molecule has 1 saturated heterocycles. The van der Waals surface area contributed by atoms with Gasteiger partial charge in [0.2, 0.25) is 0 Å². The molecule has 1 aliphatic rings. The molecule has 0 amide bonds. The number of hydrogen-bond acceptors (Lipinski definition) is 5. The van der Waals surface area contributed by atoms with Crippen molar-refractivity contribution in [3.63, 3.8) is 0 Å². The van der Waals surface area contributed by atoms with E-state index in [4.69, 9.17) is 0 Å². The first kappa shape index (κ1) is 15.6. The Kier molecular flexibility index (Phi) is 5.53. The van der Waals surface area contributed by atoms with Crippen LogP contribution in [0, 0.1) is 6.92 Å². The average Bonchev–Trinajstić information content (AvgIpc) is 2.78. The summed E-state index contributed by atoms with van der Waals surface area (Å²) in [5.41, 5.74) is 1.15. The van der Waals surface area contributed by atoms with Crippen molar-refractivity contribution in [2.45, 2.75) is 45.3 Å². The van der Waals surface area contributed by atoms with E-state index in [1.54, 1.807) is 0 Å². The van der Waals surface area contributed by atoms with Gasteiger partial charge in [-0.2, -0.15) is 0 Å². The first-order valence-electron chi connectivity index (χ1n) is 8.07. The lowest BCUT2D eigenvalue weighted by Gasteiger charge is -2.30. The van der Waals surface area contributed by atoms with E-state index in [-0.39, 0.29) is 0 Å². The SMILES string of the molecule is Cc1ncc(CN(Cc2ccccn2)C2CCCNCC2)s1. The average molecular weight is 316 g/mol. The molecule has 0 bridgehead atoms. The molecular formula is C17H24N4S. The highest BCUT2D eigenvalue weighted by Gasteiger charge is 2.21. The summed E-state index contributed by atoms with van der Waals surface area (Å²) in [7, 11) is 0. The lowest BCUT2D eigenvalue weighted by molar-refractivity contribution is 0.163. The molecule has 3 heterocycles. The molecule has 0 aromatic carbocycles. The summed E-state index contributed by atoms with van der Waals surface area (Å²) >= 11 is 1.81. The van der Waals surface area contributed by atoms with E-state index in [1.807, 2.05) is 29.8 Å². The third-order valence-electron chi connectivity index (χ3n) is 4.18. The second-order valence-electron chi connectivity index (χ2n) is 5.91. The largest absolute Gasteiger partial charge is 0.317 e. The molecule has 118 valence electrons. The van der Waals surface area contributed by atoms with Crippen LogP contribution in [0.3, 0.4) is 0 Å². The fraction of sp³-hybridized carbons (Fsp3) is 0.529. The van der Waals surface area contributed by atoms with Crippen molar-refractivity contribution in [3.8, 4) is 0 Å². The quantitative estimate of drug-likeness (QED) is 0.921. The van der Waals surface area contributed by atoms with Crippen LogP contribution in [-0.2, 0) is 13.1 Å². The van der Waals surface area contributed by atoms with E-state index in [9.17, 15) is 0 Å². The predicted molar refractivity (Wildman–Crippen MR) is 90.8 cm³/mol. The molecule has 1 N–H and O–H groups in total. The van der Waals surface area contributed by atoms with E-state index in [2.05, 4.69) is 39.2 Å². The van der Waals surface area contributed by atoms with Crippen LogP contribution in [0.25, 0.3) is 0 Å². The summed E-state index contributed by atoms with van der Waals surface area (Å²) in [6.45, 7) is 6.24. The fourth-order valence-corrected chi connectivity index (χ4v) is 3.88. The Morgan fingerprint density at radius 2 is 2.18 bits per heavy atom. The van der Waals surface area contributed by atoms with Gasteiger partial charge < -0.3 is 5.32 Å². The van der Waals surface area contributed by atoms with Gasteiger partial charge in [0.25, 0.3) is 0 Å². The summed E-state index contributed by atoms with van der Waals surface area (Å²) in [6, 6.07) is 6.81. The van der Waals surface area contributed by atoms with Crippen molar-refractivity contribution in [1.29, 1.82) is 0 Å². The third kappa shape index (κ3) is 4.35. The van der Waals surface area contributed by atoms with Crippen LogP contribution in [-0.4, -0.2) is 34.0 Å². The zero-order valence-corrected chi connectivity index (χ0v) is 14.0. The van der Waals surface area contributed by atoms with Crippen LogP contribution < -0.4 is 5.32 Å². The molecule has 2 aromatic rings. The summed E-state index contributed by atoms with van der Waals surface area (Å²) in [4.78, 5) is 12.9. The van der Waals surface area contributed by atoms with Crippen molar-refractivity contribution < 1.29 is 0 Å². The first-order valence-corrected chi connectivity index (χ1v) is 8.89. The number of pyridine rings is 1. The molecule has 0 radical (unpaired) electrons. The van der Waals surface area contributed by atoms with Gasteiger partial charge in [-0.3, -0.25) is 9.88 Å². The normalized spacial score (nSPS) is 19.3. The Morgan fingerprint density at radius 1 is 1.23 bits per heavy atom. The number of aryl methyl sites for hydroxylation is 1. The number of hydrogen-bond donors (Lipinski definition) is 1. The molecule has 0 spiro atoms. The minimum Gasteiger partial charge on any atom is -0.317 e. The molecule has 4 nitrogen and oxygen atoms in total. The highest BCUT2D eigenvalue weighted by molar-refractivity contribution is 7.11. The maximum absolute atomic E-state index is 4.51. The first-order chi connectivity index (χ1) is 10.8. The Bertz CT molecular complexity index is 561. The molecule has 0 aliphatic carbocycles. The van der Waals surface area contributed by atoms with Crippen molar-refractivity contribution in [2.24, 2.45) is 0 Å². The Morgan fingerprint density at radius 3 is 2.95 bits per heavy atom. The Balaban J connectivity index is 1.74. The molecule has 5 heteroatoms. The molecule has 1 aliphatic heterocycles. The van der Waals surface area contributed by atoms with Gasteiger partial charge in [-0.25, -0.2) is 4.98 Å². The summed E-state index contributed by atoms with van der Waals surface area (Å²) in [5, 5.41) is 4.66. The van der Waals surface area contributed by atoms with Crippen LogP contribution in [0.5, 0.6) is 0 Å². The van der Waals surface area contributed by atoms with Crippen molar-refractivity contribution in [2.75, 3.05) is 13.1 Å². The molecule has 1 atom stereocenters. The van der Waals surface area contributed by atoms with Gasteiger partial charge in [-0.05, 0) is 51.4 Å². The maximum atomic E-state index is 4.51. The molecule has 2 aromatic heterocycles. The Labute approximate surface area is 136 Å². The second kappa shape index (κ2) is 7.81. The smallest absolute Gasteiger partial charge is 0.0897 e. The second-order valence-corrected chi connectivity index (χ2v) is 7.23. The van der Waals surface area contributed by atoms with Gasteiger partial charge in [-0.15, -0.1) is 11.3 Å². The van der Waals surface area contributed by atoms with Crippen molar-refractivity contribution in [3.05, 3.63) is 46.2 Å². The van der Waals surface area contributed by atoms with E-state index in [0.717, 1.165) is 36.9 Å². The molecule has 22 heavy (non-hydrogen) atoms. The van der Waals surface area contributed by atoms with Gasteiger partial charge in [0.1, 0.15) is 0 Å². The lowest BCUT2D eigenvalue weighted by atomic mass is 10.1. The topological polar surface area (TPSA) is 41.1 Å². The molecule has 3 rings (SSSR count). The van der Waals surface area contributed by atoms with Crippen LogP contribution in [0.15, 0.2) is 30.6 Å². The zero-order chi connectivity index (χ0) is 15.2. The van der Waals surface area contributed by atoms with Crippen LogP contribution in [0.4, 0.5) is 0 Å². The summed E-state index contributed by atoms with van der Waals surface area (Å²) in [6.07, 6.45) is 7.65. The number of aromatic nitrogens is 2. The summed E-state index contributed by atoms with van der Waals surface area (Å²) < 4.78 is 0. The molecular weight excluding hydrogens is 292 g/mol. The highest BCUT2D eigenvalue weighted by atomic mass is 32.1. The molecule has 1 unspecified atom stereocenters. The fourth-order valence-electron chi connectivity index (χ4n) is 3.06. The number of rotatable bonds is 5. The predicted octanol–water partition coefficient (Wildman–Crippen LogP) is 2.99. The van der Waals surface area contributed by atoms with Gasteiger partial charge in [0, 0.05) is 36.4 Å². The van der Waals surface area contributed by atoms with Gasteiger partial charge in [0.05, 0.1) is 10.7 Å². The highest BCUT2D eigenvalue weighted by Crippen LogP contribution is 2.21. The maximum Gasteiger partial charge on any atom is 0.0897 e. The molecule has 1 fully saturated rings.